The minimum absolute atomic E-state index is 0.0749. The van der Waals surface area contributed by atoms with E-state index in [0.717, 1.165) is 11.3 Å². The molecule has 0 aromatic heterocycles. The summed E-state index contributed by atoms with van der Waals surface area (Å²) in [6.07, 6.45) is 3.18. The number of thioether (sulfide) groups is 1. The third-order valence-corrected chi connectivity index (χ3v) is 4.36. The van der Waals surface area contributed by atoms with Crippen molar-refractivity contribution >= 4 is 52.4 Å². The smallest absolute Gasteiger partial charge is 0.323 e. The molecule has 3 amide bonds. The third kappa shape index (κ3) is 5.99. The van der Waals surface area contributed by atoms with Gasteiger partial charge in [-0.2, -0.15) is 0 Å². The van der Waals surface area contributed by atoms with E-state index in [1.807, 2.05) is 37.4 Å². The Bertz CT molecular complexity index is 768. The predicted octanol–water partition coefficient (Wildman–Crippen LogP) is 5.44. The van der Waals surface area contributed by atoms with Gasteiger partial charge in [0.15, 0.2) is 0 Å². The maximum atomic E-state index is 12.2. The second-order valence-corrected chi connectivity index (χ2v) is 6.59. The standard InChI is InChI=1S/C18H20ClN3O2S/c1-3-5-17(23)20-13-8-9-15(19)16(11-13)22-18(24)21-12-6-4-7-14(10-12)25-2/h4,6-11H,3,5H2,1-2H3,(H,20,23)(H2,21,22,24). The van der Waals surface area contributed by atoms with Gasteiger partial charge in [-0.3, -0.25) is 4.79 Å². The lowest BCUT2D eigenvalue weighted by Crippen LogP contribution is -2.20. The first-order chi connectivity index (χ1) is 12.0. The van der Waals surface area contributed by atoms with E-state index >= 15 is 0 Å². The molecule has 0 saturated carbocycles. The van der Waals surface area contributed by atoms with Gasteiger partial charge in [-0.05, 0) is 49.1 Å². The van der Waals surface area contributed by atoms with Crippen LogP contribution in [0.1, 0.15) is 19.8 Å². The Morgan fingerprint density at radius 3 is 2.52 bits per heavy atom. The Morgan fingerprint density at radius 2 is 1.80 bits per heavy atom. The summed E-state index contributed by atoms with van der Waals surface area (Å²) in [5.41, 5.74) is 1.70. The van der Waals surface area contributed by atoms with Crippen molar-refractivity contribution in [3.63, 3.8) is 0 Å². The maximum Gasteiger partial charge on any atom is 0.323 e. The summed E-state index contributed by atoms with van der Waals surface area (Å²) in [6, 6.07) is 12.1. The molecule has 0 heterocycles. The number of nitrogens with one attached hydrogen (secondary N) is 3. The van der Waals surface area contributed by atoms with Crippen LogP contribution in [0.3, 0.4) is 0 Å². The van der Waals surface area contributed by atoms with E-state index in [0.29, 0.717) is 28.5 Å². The van der Waals surface area contributed by atoms with Gasteiger partial charge in [-0.15, -0.1) is 11.8 Å². The zero-order valence-electron chi connectivity index (χ0n) is 14.1. The Kier molecular flexibility index (Phi) is 7.16. The largest absolute Gasteiger partial charge is 0.326 e. The van der Waals surface area contributed by atoms with Gasteiger partial charge in [-0.25, -0.2) is 4.79 Å². The molecule has 0 fully saturated rings. The van der Waals surface area contributed by atoms with Gasteiger partial charge in [-0.1, -0.05) is 24.6 Å². The average molecular weight is 378 g/mol. The van der Waals surface area contributed by atoms with E-state index in [-0.39, 0.29) is 5.91 Å². The van der Waals surface area contributed by atoms with E-state index in [1.165, 1.54) is 0 Å². The molecule has 0 aliphatic heterocycles. The van der Waals surface area contributed by atoms with Gasteiger partial charge >= 0.3 is 6.03 Å². The highest BCUT2D eigenvalue weighted by molar-refractivity contribution is 7.98. The number of rotatable bonds is 6. The van der Waals surface area contributed by atoms with Crippen molar-refractivity contribution in [2.75, 3.05) is 22.2 Å². The van der Waals surface area contributed by atoms with Crippen molar-refractivity contribution < 1.29 is 9.59 Å². The Hall–Kier alpha value is -2.18. The average Bonchev–Trinajstić information content (AvgIpc) is 2.58. The first kappa shape index (κ1) is 19.1. The van der Waals surface area contributed by atoms with Crippen molar-refractivity contribution in [3.8, 4) is 0 Å². The first-order valence-electron chi connectivity index (χ1n) is 7.83. The number of carbonyl (C=O) groups is 2. The summed E-state index contributed by atoms with van der Waals surface area (Å²) in [7, 11) is 0. The molecule has 0 atom stereocenters. The van der Waals surface area contributed by atoms with Crippen molar-refractivity contribution in [3.05, 3.63) is 47.5 Å². The van der Waals surface area contributed by atoms with Gasteiger partial charge in [0.1, 0.15) is 0 Å². The fourth-order valence-electron chi connectivity index (χ4n) is 2.13. The second-order valence-electron chi connectivity index (χ2n) is 5.30. The van der Waals surface area contributed by atoms with Crippen molar-refractivity contribution in [2.45, 2.75) is 24.7 Å². The topological polar surface area (TPSA) is 70.2 Å². The van der Waals surface area contributed by atoms with Gasteiger partial charge in [0.25, 0.3) is 0 Å². The predicted molar refractivity (Wildman–Crippen MR) is 106 cm³/mol. The van der Waals surface area contributed by atoms with E-state index in [4.69, 9.17) is 11.6 Å². The molecular weight excluding hydrogens is 358 g/mol. The minimum Gasteiger partial charge on any atom is -0.326 e. The molecule has 2 aromatic rings. The summed E-state index contributed by atoms with van der Waals surface area (Å²) < 4.78 is 0. The first-order valence-corrected chi connectivity index (χ1v) is 9.43. The van der Waals surface area contributed by atoms with E-state index < -0.39 is 6.03 Å². The molecule has 0 aliphatic carbocycles. The van der Waals surface area contributed by atoms with E-state index in [9.17, 15) is 9.59 Å². The van der Waals surface area contributed by atoms with Crippen LogP contribution >= 0.6 is 23.4 Å². The van der Waals surface area contributed by atoms with Gasteiger partial charge in [0.2, 0.25) is 5.91 Å². The molecule has 2 rings (SSSR count). The second kappa shape index (κ2) is 9.34. The van der Waals surface area contributed by atoms with Crippen LogP contribution in [-0.4, -0.2) is 18.2 Å². The van der Waals surface area contributed by atoms with Crippen LogP contribution in [0.5, 0.6) is 0 Å². The number of anilines is 3. The van der Waals surface area contributed by atoms with Crippen LogP contribution in [0.25, 0.3) is 0 Å². The molecule has 132 valence electrons. The Labute approximate surface area is 156 Å². The monoisotopic (exact) mass is 377 g/mol. The number of benzene rings is 2. The number of amides is 3. The third-order valence-electron chi connectivity index (χ3n) is 3.30. The van der Waals surface area contributed by atoms with Crippen LogP contribution in [0.15, 0.2) is 47.4 Å². The molecular formula is C18H20ClN3O2S. The summed E-state index contributed by atoms with van der Waals surface area (Å²) in [4.78, 5) is 24.9. The normalized spacial score (nSPS) is 10.2. The molecule has 0 saturated heterocycles. The van der Waals surface area contributed by atoms with Crippen molar-refractivity contribution in [1.82, 2.24) is 0 Å². The van der Waals surface area contributed by atoms with E-state index in [2.05, 4.69) is 16.0 Å². The fraction of sp³-hybridized carbons (Fsp3) is 0.222. The summed E-state index contributed by atoms with van der Waals surface area (Å²) in [5, 5.41) is 8.63. The Morgan fingerprint density at radius 1 is 1.04 bits per heavy atom. The summed E-state index contributed by atoms with van der Waals surface area (Å²) in [6.45, 7) is 1.94. The highest BCUT2D eigenvalue weighted by Gasteiger charge is 2.09. The lowest BCUT2D eigenvalue weighted by atomic mass is 10.2. The molecule has 0 spiro atoms. The molecule has 3 N–H and O–H groups in total. The quantitative estimate of drug-likeness (QED) is 0.586. The Balaban J connectivity index is 2.05. The molecule has 5 nitrogen and oxygen atoms in total. The maximum absolute atomic E-state index is 12.2. The van der Waals surface area contributed by atoms with Crippen molar-refractivity contribution in [1.29, 1.82) is 0 Å². The van der Waals surface area contributed by atoms with Gasteiger partial charge in [0, 0.05) is 22.7 Å². The molecule has 0 unspecified atom stereocenters. The number of urea groups is 1. The minimum atomic E-state index is -0.405. The molecule has 0 radical (unpaired) electrons. The van der Waals surface area contributed by atoms with Gasteiger partial charge < -0.3 is 16.0 Å². The highest BCUT2D eigenvalue weighted by atomic mass is 35.5. The van der Waals surface area contributed by atoms with Crippen molar-refractivity contribution in [2.24, 2.45) is 0 Å². The van der Waals surface area contributed by atoms with Crippen LogP contribution in [0, 0.1) is 0 Å². The van der Waals surface area contributed by atoms with Crippen LogP contribution in [-0.2, 0) is 4.79 Å². The lowest BCUT2D eigenvalue weighted by Gasteiger charge is -2.12. The fourth-order valence-corrected chi connectivity index (χ4v) is 2.76. The molecule has 25 heavy (non-hydrogen) atoms. The molecule has 0 bridgehead atoms. The SMILES string of the molecule is CCCC(=O)Nc1ccc(Cl)c(NC(=O)Nc2cccc(SC)c2)c1. The highest BCUT2D eigenvalue weighted by Crippen LogP contribution is 2.26. The lowest BCUT2D eigenvalue weighted by molar-refractivity contribution is -0.116. The van der Waals surface area contributed by atoms with E-state index in [1.54, 1.807) is 30.0 Å². The van der Waals surface area contributed by atoms with Gasteiger partial charge in [0.05, 0.1) is 10.7 Å². The number of carbonyl (C=O) groups excluding carboxylic acids is 2. The van der Waals surface area contributed by atoms with Crippen LogP contribution < -0.4 is 16.0 Å². The number of halogens is 1. The molecule has 2 aromatic carbocycles. The summed E-state index contributed by atoms with van der Waals surface area (Å²) >= 11 is 7.73. The van der Waals surface area contributed by atoms with Crippen LogP contribution in [0.4, 0.5) is 21.9 Å². The van der Waals surface area contributed by atoms with Crippen LogP contribution in [0.2, 0.25) is 5.02 Å². The summed E-state index contributed by atoms with van der Waals surface area (Å²) in [5.74, 6) is -0.0749. The number of hydrogen-bond acceptors (Lipinski definition) is 3. The molecule has 0 aliphatic rings. The zero-order chi connectivity index (χ0) is 18.2. The zero-order valence-corrected chi connectivity index (χ0v) is 15.6. The molecule has 7 heteroatoms. The number of hydrogen-bond donors (Lipinski definition) is 3.